The van der Waals surface area contributed by atoms with Crippen molar-refractivity contribution in [3.63, 3.8) is 0 Å². The molecule has 4 rings (SSSR count). The van der Waals surface area contributed by atoms with Crippen molar-refractivity contribution in [2.45, 2.75) is 23.3 Å². The van der Waals surface area contributed by atoms with Gasteiger partial charge in [-0.3, -0.25) is 0 Å². The highest BCUT2D eigenvalue weighted by Crippen LogP contribution is 2.33. The predicted octanol–water partition coefficient (Wildman–Crippen LogP) is 5.29. The van der Waals surface area contributed by atoms with Crippen molar-refractivity contribution in [1.29, 1.82) is 0 Å². The van der Waals surface area contributed by atoms with Crippen LogP contribution in [0, 0.1) is 12.7 Å². The molecule has 0 aliphatic heterocycles. The van der Waals surface area contributed by atoms with Gasteiger partial charge in [0.1, 0.15) is 11.6 Å². The summed E-state index contributed by atoms with van der Waals surface area (Å²) in [6.07, 6.45) is 0.625. The lowest BCUT2D eigenvalue weighted by Crippen LogP contribution is -2.10. The average Bonchev–Trinajstić information content (AvgIpc) is 3.25. The van der Waals surface area contributed by atoms with Crippen molar-refractivity contribution in [3.05, 3.63) is 89.7 Å². The molecular formula is C25H23FN2O4S. The van der Waals surface area contributed by atoms with Crippen molar-refractivity contribution >= 4 is 15.7 Å². The lowest BCUT2D eigenvalue weighted by Gasteiger charge is -2.07. The minimum atomic E-state index is -4.04. The number of aromatic nitrogens is 1. The van der Waals surface area contributed by atoms with E-state index in [9.17, 15) is 12.8 Å². The Kier molecular flexibility index (Phi) is 6.46. The summed E-state index contributed by atoms with van der Waals surface area (Å²) in [5, 5.41) is 2.84. The molecule has 1 N–H and O–H groups in total. The largest absolute Gasteiger partial charge is 0.497 e. The normalized spacial score (nSPS) is 11.4. The molecule has 170 valence electrons. The van der Waals surface area contributed by atoms with E-state index < -0.39 is 15.7 Å². The maximum absolute atomic E-state index is 13.4. The molecule has 0 unspecified atom stereocenters. The Labute approximate surface area is 192 Å². The molecule has 6 nitrogen and oxygen atoms in total. The summed E-state index contributed by atoms with van der Waals surface area (Å²) in [6, 6.07) is 19.7. The van der Waals surface area contributed by atoms with E-state index in [0.29, 0.717) is 18.5 Å². The Balaban J connectivity index is 1.66. The lowest BCUT2D eigenvalue weighted by atomic mass is 10.1. The summed E-state index contributed by atoms with van der Waals surface area (Å²) in [5.74, 6) is 0.483. The van der Waals surface area contributed by atoms with Gasteiger partial charge in [0.05, 0.1) is 12.0 Å². The van der Waals surface area contributed by atoms with Gasteiger partial charge >= 0.3 is 0 Å². The van der Waals surface area contributed by atoms with Gasteiger partial charge in [-0.2, -0.15) is 4.98 Å². The number of rotatable bonds is 8. The van der Waals surface area contributed by atoms with E-state index in [-0.39, 0.29) is 21.7 Å². The summed E-state index contributed by atoms with van der Waals surface area (Å²) in [6.45, 7) is 2.31. The van der Waals surface area contributed by atoms with Gasteiger partial charge in [-0.1, -0.05) is 30.3 Å². The standard InChI is InChI=1S/C25H23FN2O4S/c1-17-5-3-4-6-22(17)23-28-25(33(29,30)21-13-9-19(26)10-14-21)24(32-23)27-16-15-18-7-11-20(31-2)12-8-18/h3-14,27H,15-16H2,1-2H3. The zero-order valence-electron chi connectivity index (χ0n) is 18.2. The molecule has 4 aromatic rings. The third-order valence-corrected chi connectivity index (χ3v) is 6.89. The first-order valence-corrected chi connectivity index (χ1v) is 11.8. The Morgan fingerprint density at radius 3 is 2.36 bits per heavy atom. The summed E-state index contributed by atoms with van der Waals surface area (Å²) >= 11 is 0. The van der Waals surface area contributed by atoms with Crippen molar-refractivity contribution in [2.75, 3.05) is 19.0 Å². The Morgan fingerprint density at radius 1 is 1.00 bits per heavy atom. The highest BCUT2D eigenvalue weighted by atomic mass is 32.2. The number of ether oxygens (including phenoxy) is 1. The number of anilines is 1. The molecule has 0 spiro atoms. The molecule has 33 heavy (non-hydrogen) atoms. The maximum Gasteiger partial charge on any atom is 0.233 e. The van der Waals surface area contributed by atoms with Gasteiger partial charge < -0.3 is 14.5 Å². The van der Waals surface area contributed by atoms with Crippen molar-refractivity contribution in [2.24, 2.45) is 0 Å². The molecule has 0 saturated carbocycles. The summed E-state index contributed by atoms with van der Waals surface area (Å²) < 4.78 is 51.0. The molecule has 0 aliphatic carbocycles. The molecular weight excluding hydrogens is 443 g/mol. The molecule has 0 bridgehead atoms. The molecule has 0 saturated heterocycles. The van der Waals surface area contributed by atoms with Crippen molar-refractivity contribution in [3.8, 4) is 17.2 Å². The second kappa shape index (κ2) is 9.46. The van der Waals surface area contributed by atoms with E-state index in [4.69, 9.17) is 9.15 Å². The first-order chi connectivity index (χ1) is 15.9. The fraction of sp³-hybridized carbons (Fsp3) is 0.160. The molecule has 8 heteroatoms. The number of methoxy groups -OCH3 is 1. The smallest absolute Gasteiger partial charge is 0.233 e. The van der Waals surface area contributed by atoms with Crippen LogP contribution in [0.15, 0.2) is 87.1 Å². The topological polar surface area (TPSA) is 81.4 Å². The van der Waals surface area contributed by atoms with E-state index in [2.05, 4.69) is 10.3 Å². The Hall–Kier alpha value is -3.65. The molecule has 0 fully saturated rings. The fourth-order valence-corrected chi connectivity index (χ4v) is 4.64. The van der Waals surface area contributed by atoms with E-state index in [0.717, 1.165) is 29.0 Å². The number of nitrogens with one attached hydrogen (secondary N) is 1. The third-order valence-electron chi connectivity index (χ3n) is 5.21. The fourth-order valence-electron chi connectivity index (χ4n) is 3.37. The van der Waals surface area contributed by atoms with Crippen molar-refractivity contribution < 1.29 is 22.0 Å². The van der Waals surface area contributed by atoms with Gasteiger partial charge in [-0.05, 0) is 66.9 Å². The minimum absolute atomic E-state index is 0.0473. The van der Waals surface area contributed by atoms with Crippen LogP contribution in [0.4, 0.5) is 10.3 Å². The first kappa shape index (κ1) is 22.5. The van der Waals surface area contributed by atoms with Crippen LogP contribution in [0.3, 0.4) is 0 Å². The van der Waals surface area contributed by atoms with Crippen molar-refractivity contribution in [1.82, 2.24) is 4.98 Å². The van der Waals surface area contributed by atoms with Crippen LogP contribution >= 0.6 is 0 Å². The van der Waals surface area contributed by atoms with Crippen LogP contribution in [0.25, 0.3) is 11.5 Å². The quantitative estimate of drug-likeness (QED) is 0.356. The molecule has 0 amide bonds. The number of hydrogen-bond acceptors (Lipinski definition) is 6. The van der Waals surface area contributed by atoms with Crippen LogP contribution in [0.5, 0.6) is 5.75 Å². The number of hydrogen-bond donors (Lipinski definition) is 1. The van der Waals surface area contributed by atoms with Gasteiger partial charge in [0.25, 0.3) is 0 Å². The van der Waals surface area contributed by atoms with E-state index in [1.54, 1.807) is 7.11 Å². The molecule has 0 radical (unpaired) electrons. The summed E-state index contributed by atoms with van der Waals surface area (Å²) in [5.41, 5.74) is 2.63. The van der Waals surface area contributed by atoms with E-state index in [1.165, 1.54) is 12.1 Å². The Morgan fingerprint density at radius 2 is 1.70 bits per heavy atom. The molecule has 3 aromatic carbocycles. The molecule has 1 heterocycles. The Bertz CT molecular complexity index is 1350. The van der Waals surface area contributed by atoms with Gasteiger partial charge in [0.2, 0.25) is 26.6 Å². The SMILES string of the molecule is COc1ccc(CCNc2oc(-c3ccccc3C)nc2S(=O)(=O)c2ccc(F)cc2)cc1. The zero-order chi connectivity index (χ0) is 23.4. The first-order valence-electron chi connectivity index (χ1n) is 10.3. The lowest BCUT2D eigenvalue weighted by molar-refractivity contribution is 0.414. The van der Waals surface area contributed by atoms with Crippen LogP contribution in [-0.2, 0) is 16.3 Å². The monoisotopic (exact) mass is 466 g/mol. The predicted molar refractivity (Wildman–Crippen MR) is 124 cm³/mol. The highest BCUT2D eigenvalue weighted by molar-refractivity contribution is 7.91. The van der Waals surface area contributed by atoms with Gasteiger partial charge in [0, 0.05) is 12.1 Å². The third kappa shape index (κ3) is 4.90. The van der Waals surface area contributed by atoms with Crippen LogP contribution < -0.4 is 10.1 Å². The number of nitrogens with zero attached hydrogens (tertiary/aromatic N) is 1. The molecule has 0 aliphatic rings. The zero-order valence-corrected chi connectivity index (χ0v) is 19.0. The number of sulfone groups is 1. The van der Waals surface area contributed by atoms with Gasteiger partial charge in [-0.25, -0.2) is 12.8 Å². The number of halogens is 1. The van der Waals surface area contributed by atoms with E-state index in [1.807, 2.05) is 55.5 Å². The second-order valence-electron chi connectivity index (χ2n) is 7.45. The van der Waals surface area contributed by atoms with Gasteiger partial charge in [0.15, 0.2) is 0 Å². The summed E-state index contributed by atoms with van der Waals surface area (Å²) in [7, 11) is -2.43. The second-order valence-corrected chi connectivity index (χ2v) is 9.32. The van der Waals surface area contributed by atoms with Gasteiger partial charge in [-0.15, -0.1) is 0 Å². The number of oxazole rings is 1. The summed E-state index contributed by atoms with van der Waals surface area (Å²) in [4.78, 5) is 4.27. The average molecular weight is 467 g/mol. The minimum Gasteiger partial charge on any atom is -0.497 e. The molecule has 0 atom stereocenters. The maximum atomic E-state index is 13.4. The van der Waals surface area contributed by atoms with Crippen LogP contribution in [-0.4, -0.2) is 27.1 Å². The van der Waals surface area contributed by atoms with Crippen LogP contribution in [0.1, 0.15) is 11.1 Å². The van der Waals surface area contributed by atoms with Crippen LogP contribution in [0.2, 0.25) is 0 Å². The highest BCUT2D eigenvalue weighted by Gasteiger charge is 2.28. The van der Waals surface area contributed by atoms with E-state index >= 15 is 0 Å². The molecule has 1 aromatic heterocycles. The number of aryl methyl sites for hydroxylation is 1. The number of benzene rings is 3.